The highest BCUT2D eigenvalue weighted by molar-refractivity contribution is 5.73. The van der Waals surface area contributed by atoms with Crippen LogP contribution in [0.3, 0.4) is 0 Å². The van der Waals surface area contributed by atoms with Crippen molar-refractivity contribution in [2.75, 3.05) is 13.1 Å². The highest BCUT2D eigenvalue weighted by Crippen LogP contribution is 1.73. The predicted octanol–water partition coefficient (Wildman–Crippen LogP) is 0.288. The molecule has 0 radical (unpaired) electrons. The molecule has 2 N–H and O–H groups in total. The minimum absolute atomic E-state index is 0.0344. The van der Waals surface area contributed by atoms with Crippen LogP contribution in [0.5, 0.6) is 0 Å². The number of rotatable bonds is 4. The Balaban J connectivity index is 0. The van der Waals surface area contributed by atoms with E-state index < -0.39 is 0 Å². The summed E-state index contributed by atoms with van der Waals surface area (Å²) in [4.78, 5) is 20.7. The van der Waals surface area contributed by atoms with Crippen LogP contribution in [0.15, 0.2) is 0 Å². The highest BCUT2D eigenvalue weighted by Gasteiger charge is 1.91. The molecule has 0 aliphatic rings. The minimum Gasteiger partial charge on any atom is -0.356 e. The molecule has 0 aromatic heterocycles. The number of hydrogen-bond donors (Lipinski definition) is 2. The normalized spacial score (nSPS) is 7.57. The summed E-state index contributed by atoms with van der Waals surface area (Å²) in [7, 11) is 0. The van der Waals surface area contributed by atoms with E-state index in [4.69, 9.17) is 0 Å². The maximum absolute atomic E-state index is 10.3. The van der Waals surface area contributed by atoms with Crippen molar-refractivity contribution in [2.45, 2.75) is 27.2 Å². The Morgan fingerprint density at radius 1 is 1.14 bits per heavy atom. The van der Waals surface area contributed by atoms with Crippen LogP contribution < -0.4 is 10.6 Å². The fourth-order valence-electron chi connectivity index (χ4n) is 0.617. The number of carbonyl (C=O) groups excluding carboxylic acids is 2. The van der Waals surface area contributed by atoms with Gasteiger partial charge in [-0.1, -0.05) is 0 Å². The van der Waals surface area contributed by atoms with Crippen molar-refractivity contribution in [1.29, 1.82) is 0 Å². The summed E-state index contributed by atoms with van der Waals surface area (Å²) in [5.41, 5.74) is 0. The van der Waals surface area contributed by atoms with Gasteiger partial charge in [0.2, 0.25) is 11.8 Å². The second-order valence-corrected chi connectivity index (χ2v) is 2.61. The van der Waals surface area contributed by atoms with Crippen molar-refractivity contribution in [3.05, 3.63) is 0 Å². The Bertz CT molecular complexity index is 191. The maximum Gasteiger partial charge on any atom is 0.216 e. The Labute approximate surface area is 85.5 Å². The lowest BCUT2D eigenvalue weighted by molar-refractivity contribution is -0.119. The van der Waals surface area contributed by atoms with Gasteiger partial charge in [0.05, 0.1) is 0 Å². The molecule has 0 rings (SSSR count). The zero-order valence-electron chi connectivity index (χ0n) is 9.02. The van der Waals surface area contributed by atoms with Gasteiger partial charge in [-0.05, 0) is 13.3 Å². The Kier molecular flexibility index (Phi) is 12.3. The maximum atomic E-state index is 10.3. The van der Waals surface area contributed by atoms with Crippen LogP contribution in [-0.4, -0.2) is 24.9 Å². The first-order valence-electron chi connectivity index (χ1n) is 4.40. The number of amides is 2. The summed E-state index contributed by atoms with van der Waals surface area (Å²) in [6, 6.07) is 0. The smallest absolute Gasteiger partial charge is 0.216 e. The molecule has 0 saturated carbocycles. The summed E-state index contributed by atoms with van der Waals surface area (Å²) in [6.45, 7) is 5.84. The molecule has 2 amide bonds. The highest BCUT2D eigenvalue weighted by atomic mass is 16.2. The molecule has 0 fully saturated rings. The van der Waals surface area contributed by atoms with Crippen molar-refractivity contribution in [3.8, 4) is 12.3 Å². The molecule has 0 spiro atoms. The largest absolute Gasteiger partial charge is 0.356 e. The van der Waals surface area contributed by atoms with Crippen LogP contribution in [0.25, 0.3) is 0 Å². The molecule has 0 aliphatic heterocycles. The molecule has 4 nitrogen and oxygen atoms in total. The van der Waals surface area contributed by atoms with Crippen LogP contribution in [0, 0.1) is 12.3 Å². The van der Waals surface area contributed by atoms with E-state index in [-0.39, 0.29) is 11.8 Å². The first-order chi connectivity index (χ1) is 6.54. The Hall–Kier alpha value is -1.50. The van der Waals surface area contributed by atoms with Crippen molar-refractivity contribution in [1.82, 2.24) is 10.6 Å². The van der Waals surface area contributed by atoms with Gasteiger partial charge in [-0.3, -0.25) is 9.59 Å². The van der Waals surface area contributed by atoms with Gasteiger partial charge in [0.25, 0.3) is 0 Å². The average Bonchev–Trinajstić information content (AvgIpc) is 2.04. The van der Waals surface area contributed by atoms with Gasteiger partial charge in [-0.2, -0.15) is 0 Å². The lowest BCUT2D eigenvalue weighted by atomic mass is 10.4. The predicted molar refractivity (Wildman–Crippen MR) is 56.5 cm³/mol. The summed E-state index contributed by atoms with van der Waals surface area (Å²) in [5.74, 6) is 2.18. The molecule has 0 bridgehead atoms. The zero-order chi connectivity index (χ0) is 11.4. The zero-order valence-corrected chi connectivity index (χ0v) is 9.02. The Morgan fingerprint density at radius 3 is 1.64 bits per heavy atom. The third-order valence-corrected chi connectivity index (χ3v) is 1.10. The molecule has 0 aromatic carbocycles. The molecule has 0 aliphatic carbocycles. The van der Waals surface area contributed by atoms with E-state index in [1.165, 1.54) is 13.8 Å². The van der Waals surface area contributed by atoms with Crippen molar-refractivity contribution >= 4 is 11.8 Å². The van der Waals surface area contributed by atoms with E-state index >= 15 is 0 Å². The molecule has 0 atom stereocenters. The number of nitrogens with one attached hydrogen (secondary N) is 2. The molecule has 0 unspecified atom stereocenters. The third-order valence-electron chi connectivity index (χ3n) is 1.10. The van der Waals surface area contributed by atoms with Crippen molar-refractivity contribution in [2.24, 2.45) is 0 Å². The van der Waals surface area contributed by atoms with Gasteiger partial charge in [-0.15, -0.1) is 12.3 Å². The lowest BCUT2D eigenvalue weighted by Gasteiger charge is -2.01. The molecule has 0 heterocycles. The number of carbonyl (C=O) groups is 2. The molecule has 80 valence electrons. The van der Waals surface area contributed by atoms with E-state index in [1.807, 2.05) is 0 Å². The van der Waals surface area contributed by atoms with E-state index in [9.17, 15) is 9.59 Å². The van der Waals surface area contributed by atoms with Crippen LogP contribution >= 0.6 is 0 Å². The van der Waals surface area contributed by atoms with E-state index in [0.717, 1.165) is 6.42 Å². The van der Waals surface area contributed by atoms with Crippen molar-refractivity contribution in [3.63, 3.8) is 0 Å². The molecular weight excluding hydrogens is 180 g/mol. The lowest BCUT2D eigenvalue weighted by Crippen LogP contribution is -2.27. The van der Waals surface area contributed by atoms with Crippen molar-refractivity contribution < 1.29 is 9.59 Å². The Morgan fingerprint density at radius 2 is 1.43 bits per heavy atom. The number of hydrogen-bond acceptors (Lipinski definition) is 2. The fourth-order valence-corrected chi connectivity index (χ4v) is 0.617. The first-order valence-corrected chi connectivity index (χ1v) is 4.40. The second-order valence-electron chi connectivity index (χ2n) is 2.61. The molecule has 4 heteroatoms. The van der Waals surface area contributed by atoms with Crippen LogP contribution in [-0.2, 0) is 9.59 Å². The third kappa shape index (κ3) is 22.4. The van der Waals surface area contributed by atoms with Gasteiger partial charge < -0.3 is 10.6 Å². The average molecular weight is 198 g/mol. The standard InChI is InChI=1S/C7H14N2O2.C3H4/c1-6(10)8-4-3-5-9-7(2)11;1-3-2/h3-5H2,1-2H3,(H,8,10)(H,9,11);1H,2H3. The van der Waals surface area contributed by atoms with Gasteiger partial charge in [0.1, 0.15) is 0 Å². The van der Waals surface area contributed by atoms with E-state index in [1.54, 1.807) is 6.92 Å². The molecule has 0 saturated heterocycles. The van der Waals surface area contributed by atoms with E-state index in [2.05, 4.69) is 23.0 Å². The van der Waals surface area contributed by atoms with Crippen LogP contribution in [0.2, 0.25) is 0 Å². The summed E-state index contributed by atoms with van der Waals surface area (Å²) in [5, 5.41) is 5.26. The van der Waals surface area contributed by atoms with E-state index in [0.29, 0.717) is 13.1 Å². The van der Waals surface area contributed by atoms with Gasteiger partial charge in [0, 0.05) is 26.9 Å². The molecule has 0 aromatic rings. The first kappa shape index (κ1) is 15.0. The summed E-state index contributed by atoms with van der Waals surface area (Å²) in [6.07, 6.45) is 5.37. The summed E-state index contributed by atoms with van der Waals surface area (Å²) < 4.78 is 0. The SMILES string of the molecule is C#CC.CC(=O)NCCCNC(C)=O. The molecular formula is C10H18N2O2. The monoisotopic (exact) mass is 198 g/mol. The molecule has 14 heavy (non-hydrogen) atoms. The van der Waals surface area contributed by atoms with Gasteiger partial charge in [0.15, 0.2) is 0 Å². The second kappa shape index (κ2) is 11.5. The van der Waals surface area contributed by atoms with Crippen LogP contribution in [0.1, 0.15) is 27.2 Å². The minimum atomic E-state index is -0.0344. The van der Waals surface area contributed by atoms with Gasteiger partial charge >= 0.3 is 0 Å². The summed E-state index contributed by atoms with van der Waals surface area (Å²) >= 11 is 0. The quantitative estimate of drug-likeness (QED) is 0.504. The van der Waals surface area contributed by atoms with Crippen LogP contribution in [0.4, 0.5) is 0 Å². The number of terminal acetylenes is 1. The van der Waals surface area contributed by atoms with Gasteiger partial charge in [-0.25, -0.2) is 0 Å². The fraction of sp³-hybridized carbons (Fsp3) is 0.600. The topological polar surface area (TPSA) is 58.2 Å².